The molecule has 6 nitrogen and oxygen atoms in total. The summed E-state index contributed by atoms with van der Waals surface area (Å²) in [7, 11) is 3.10. The first-order valence-electron chi connectivity index (χ1n) is 8.97. The largest absolute Gasteiger partial charge is 0.497 e. The van der Waals surface area contributed by atoms with E-state index in [0.717, 1.165) is 5.69 Å². The number of likely N-dealkylation sites (N-methyl/N-ethyl adjacent to an activating group) is 1. The number of hydrogen-bond acceptors (Lipinski definition) is 5. The molecule has 0 heterocycles. The highest BCUT2D eigenvalue weighted by Gasteiger charge is 2.23. The third-order valence-electron chi connectivity index (χ3n) is 4.13. The Hall–Kier alpha value is -3.28. The first-order chi connectivity index (χ1) is 13.5. The number of rotatable bonds is 8. The van der Waals surface area contributed by atoms with E-state index in [4.69, 9.17) is 14.2 Å². The summed E-state index contributed by atoms with van der Waals surface area (Å²) in [5.41, 5.74) is 1.45. The molecule has 2 aromatic rings. The summed E-state index contributed by atoms with van der Waals surface area (Å²) in [5, 5.41) is 0. The van der Waals surface area contributed by atoms with E-state index in [1.54, 1.807) is 43.2 Å². The van der Waals surface area contributed by atoms with Gasteiger partial charge >= 0.3 is 5.97 Å². The second-order valence-electron chi connectivity index (χ2n) is 5.94. The molecular weight excluding hydrogens is 358 g/mol. The number of ether oxygens (including phenoxy) is 3. The average Bonchev–Trinajstić information content (AvgIpc) is 2.73. The van der Waals surface area contributed by atoms with E-state index >= 15 is 0 Å². The number of hydrogen-bond donors (Lipinski definition) is 0. The predicted octanol–water partition coefficient (Wildman–Crippen LogP) is 3.70. The van der Waals surface area contributed by atoms with Gasteiger partial charge in [0.25, 0.3) is 5.91 Å². The Morgan fingerprint density at radius 3 is 2.39 bits per heavy atom. The van der Waals surface area contributed by atoms with Gasteiger partial charge in [-0.2, -0.15) is 0 Å². The van der Waals surface area contributed by atoms with Gasteiger partial charge < -0.3 is 19.1 Å². The van der Waals surface area contributed by atoms with Crippen LogP contribution in [0.3, 0.4) is 0 Å². The standard InChI is InChI=1S/C22H25NO5/c1-5-23(18-9-7-6-8-10-18)22(25)16(2)28-21(24)14-12-17-11-13-19(26-3)15-20(17)27-4/h6-16H,5H2,1-4H3/b14-12+/t16-/m0/s1. The topological polar surface area (TPSA) is 65.1 Å². The van der Waals surface area contributed by atoms with E-state index in [1.807, 2.05) is 37.3 Å². The molecule has 2 aromatic carbocycles. The quantitative estimate of drug-likeness (QED) is 0.514. The minimum Gasteiger partial charge on any atom is -0.497 e. The minimum absolute atomic E-state index is 0.280. The first kappa shape index (κ1) is 21.0. The van der Waals surface area contributed by atoms with Gasteiger partial charge in [0.15, 0.2) is 6.10 Å². The Morgan fingerprint density at radius 1 is 1.07 bits per heavy atom. The molecule has 1 atom stereocenters. The normalized spacial score (nSPS) is 11.7. The number of para-hydroxylation sites is 1. The second-order valence-corrected chi connectivity index (χ2v) is 5.94. The van der Waals surface area contributed by atoms with Gasteiger partial charge in [0.1, 0.15) is 11.5 Å². The number of carbonyl (C=O) groups excluding carboxylic acids is 2. The van der Waals surface area contributed by atoms with Crippen molar-refractivity contribution in [1.82, 2.24) is 0 Å². The van der Waals surface area contributed by atoms with Crippen LogP contribution in [-0.2, 0) is 14.3 Å². The highest BCUT2D eigenvalue weighted by Crippen LogP contribution is 2.25. The molecule has 2 rings (SSSR count). The average molecular weight is 383 g/mol. The van der Waals surface area contributed by atoms with Gasteiger partial charge in [0, 0.05) is 29.9 Å². The summed E-state index contributed by atoms with van der Waals surface area (Å²) < 4.78 is 15.7. The van der Waals surface area contributed by atoms with Crippen molar-refractivity contribution in [3.05, 3.63) is 60.2 Å². The molecule has 0 fully saturated rings. The molecule has 0 saturated carbocycles. The van der Waals surface area contributed by atoms with Crippen molar-refractivity contribution in [2.75, 3.05) is 25.7 Å². The summed E-state index contributed by atoms with van der Waals surface area (Å²) >= 11 is 0. The fraction of sp³-hybridized carbons (Fsp3) is 0.273. The van der Waals surface area contributed by atoms with Crippen LogP contribution in [0.15, 0.2) is 54.6 Å². The third kappa shape index (κ3) is 5.36. The Bertz CT molecular complexity index is 832. The Labute approximate surface area is 165 Å². The van der Waals surface area contributed by atoms with Crippen molar-refractivity contribution < 1.29 is 23.8 Å². The summed E-state index contributed by atoms with van der Waals surface area (Å²) in [4.78, 5) is 26.4. The SMILES string of the molecule is CCN(C(=O)[C@H](C)OC(=O)/C=C/c1ccc(OC)cc1OC)c1ccccc1. The number of methoxy groups -OCH3 is 2. The second kappa shape index (κ2) is 10.2. The number of benzene rings is 2. The third-order valence-corrected chi connectivity index (χ3v) is 4.13. The summed E-state index contributed by atoms with van der Waals surface area (Å²) in [6.07, 6.45) is 1.94. The van der Waals surface area contributed by atoms with Crippen LogP contribution in [0.4, 0.5) is 5.69 Å². The van der Waals surface area contributed by atoms with Crippen LogP contribution in [0.1, 0.15) is 19.4 Å². The number of esters is 1. The molecule has 0 N–H and O–H groups in total. The predicted molar refractivity (Wildman–Crippen MR) is 109 cm³/mol. The molecule has 6 heteroatoms. The van der Waals surface area contributed by atoms with Crippen LogP contribution in [0.25, 0.3) is 6.08 Å². The molecule has 0 aliphatic carbocycles. The molecular formula is C22H25NO5. The number of nitrogens with zero attached hydrogens (tertiary/aromatic N) is 1. The Balaban J connectivity index is 2.04. The Morgan fingerprint density at radius 2 is 1.79 bits per heavy atom. The maximum absolute atomic E-state index is 12.6. The zero-order valence-corrected chi connectivity index (χ0v) is 16.5. The highest BCUT2D eigenvalue weighted by molar-refractivity contribution is 5.98. The lowest BCUT2D eigenvalue weighted by molar-refractivity contribution is -0.149. The number of carbonyl (C=O) groups is 2. The highest BCUT2D eigenvalue weighted by atomic mass is 16.5. The van der Waals surface area contributed by atoms with Crippen molar-refractivity contribution in [3.63, 3.8) is 0 Å². The molecule has 0 aromatic heterocycles. The van der Waals surface area contributed by atoms with Crippen LogP contribution in [0, 0.1) is 0 Å². The number of anilines is 1. The van der Waals surface area contributed by atoms with Gasteiger partial charge in [-0.1, -0.05) is 18.2 Å². The summed E-state index contributed by atoms with van der Waals surface area (Å²) in [5.74, 6) is 0.324. The maximum atomic E-state index is 12.6. The fourth-order valence-electron chi connectivity index (χ4n) is 2.67. The van der Waals surface area contributed by atoms with Gasteiger partial charge in [0.2, 0.25) is 0 Å². The van der Waals surface area contributed by atoms with Crippen molar-refractivity contribution in [1.29, 1.82) is 0 Å². The van der Waals surface area contributed by atoms with Crippen LogP contribution in [0.5, 0.6) is 11.5 Å². The lowest BCUT2D eigenvalue weighted by Crippen LogP contribution is -2.39. The van der Waals surface area contributed by atoms with Gasteiger partial charge in [0.05, 0.1) is 14.2 Å². The van der Waals surface area contributed by atoms with Gasteiger partial charge in [-0.25, -0.2) is 4.79 Å². The maximum Gasteiger partial charge on any atom is 0.331 e. The molecule has 148 valence electrons. The van der Waals surface area contributed by atoms with E-state index < -0.39 is 12.1 Å². The summed E-state index contributed by atoms with van der Waals surface area (Å²) in [6, 6.07) is 14.5. The molecule has 0 aliphatic rings. The van der Waals surface area contributed by atoms with Crippen LogP contribution in [0.2, 0.25) is 0 Å². The zero-order chi connectivity index (χ0) is 20.5. The van der Waals surface area contributed by atoms with Crippen molar-refractivity contribution in [2.24, 2.45) is 0 Å². The first-order valence-corrected chi connectivity index (χ1v) is 8.97. The van der Waals surface area contributed by atoms with E-state index in [0.29, 0.717) is 23.6 Å². The molecule has 0 bridgehead atoms. The molecule has 1 amide bonds. The van der Waals surface area contributed by atoms with Crippen molar-refractivity contribution in [3.8, 4) is 11.5 Å². The van der Waals surface area contributed by atoms with Gasteiger partial charge in [-0.3, -0.25) is 4.79 Å². The summed E-state index contributed by atoms with van der Waals surface area (Å²) in [6.45, 7) is 3.91. The molecule has 28 heavy (non-hydrogen) atoms. The molecule has 0 radical (unpaired) electrons. The van der Waals surface area contributed by atoms with Crippen molar-refractivity contribution in [2.45, 2.75) is 20.0 Å². The monoisotopic (exact) mass is 383 g/mol. The van der Waals surface area contributed by atoms with Crippen LogP contribution < -0.4 is 14.4 Å². The fourth-order valence-corrected chi connectivity index (χ4v) is 2.67. The van der Waals surface area contributed by atoms with E-state index in [9.17, 15) is 9.59 Å². The van der Waals surface area contributed by atoms with Crippen LogP contribution >= 0.6 is 0 Å². The lowest BCUT2D eigenvalue weighted by Gasteiger charge is -2.24. The molecule has 0 spiro atoms. The molecule has 0 saturated heterocycles. The van der Waals surface area contributed by atoms with E-state index in [1.165, 1.54) is 13.2 Å². The zero-order valence-electron chi connectivity index (χ0n) is 16.5. The molecule has 0 aliphatic heterocycles. The molecule has 0 unspecified atom stereocenters. The Kier molecular flexibility index (Phi) is 7.63. The van der Waals surface area contributed by atoms with Crippen LogP contribution in [-0.4, -0.2) is 38.7 Å². The number of amides is 1. The van der Waals surface area contributed by atoms with Gasteiger partial charge in [-0.05, 0) is 44.2 Å². The minimum atomic E-state index is -0.907. The van der Waals surface area contributed by atoms with Gasteiger partial charge in [-0.15, -0.1) is 0 Å². The smallest absolute Gasteiger partial charge is 0.331 e. The van der Waals surface area contributed by atoms with E-state index in [-0.39, 0.29) is 5.91 Å². The lowest BCUT2D eigenvalue weighted by atomic mass is 10.1. The van der Waals surface area contributed by atoms with Crippen molar-refractivity contribution >= 4 is 23.6 Å². The van der Waals surface area contributed by atoms with E-state index in [2.05, 4.69) is 0 Å².